The summed E-state index contributed by atoms with van der Waals surface area (Å²) in [5.41, 5.74) is 6.22. The minimum atomic E-state index is 0. The van der Waals surface area contributed by atoms with E-state index in [9.17, 15) is 0 Å². The van der Waals surface area contributed by atoms with Crippen LogP contribution in [0, 0.1) is 0 Å². The number of hydrogen-bond acceptors (Lipinski definition) is 2. The quantitative estimate of drug-likeness (QED) is 0.897. The van der Waals surface area contributed by atoms with Crippen molar-refractivity contribution < 1.29 is 0 Å². The first kappa shape index (κ1) is 12.2. The summed E-state index contributed by atoms with van der Waals surface area (Å²) in [5, 5.41) is 0.671. The normalized spacial score (nSPS) is 9.25. The number of rotatable bonds is 2. The highest BCUT2D eigenvalue weighted by Crippen LogP contribution is 2.18. The van der Waals surface area contributed by atoms with Gasteiger partial charge in [-0.3, -0.25) is 4.98 Å². The van der Waals surface area contributed by atoms with Gasteiger partial charge in [0.05, 0.1) is 10.7 Å². The molecule has 12 heavy (non-hydrogen) atoms. The van der Waals surface area contributed by atoms with Gasteiger partial charge in [0, 0.05) is 17.1 Å². The fourth-order valence-corrected chi connectivity index (χ4v) is 1.49. The average molecular weight is 272 g/mol. The van der Waals surface area contributed by atoms with E-state index in [0.29, 0.717) is 11.6 Å². The summed E-state index contributed by atoms with van der Waals surface area (Å²) < 4.78 is 0.892. The third-order valence-electron chi connectivity index (χ3n) is 1.27. The van der Waals surface area contributed by atoms with Crippen LogP contribution in [0.2, 0.25) is 5.02 Å². The van der Waals surface area contributed by atoms with Gasteiger partial charge in [-0.1, -0.05) is 11.6 Å². The van der Waals surface area contributed by atoms with E-state index in [1.165, 1.54) is 0 Å². The summed E-state index contributed by atoms with van der Waals surface area (Å²) in [5.74, 6) is 0. The van der Waals surface area contributed by atoms with Gasteiger partial charge in [0.15, 0.2) is 0 Å². The zero-order valence-corrected chi connectivity index (χ0v) is 9.42. The Bertz CT molecular complexity index is 255. The Balaban J connectivity index is 0.00000121. The first-order chi connectivity index (χ1) is 5.24. The fraction of sp³-hybridized carbons (Fsp3) is 0.286. The second kappa shape index (κ2) is 5.75. The fourth-order valence-electron chi connectivity index (χ4n) is 0.764. The molecule has 68 valence electrons. The van der Waals surface area contributed by atoms with Crippen LogP contribution in [0.15, 0.2) is 16.7 Å². The molecule has 2 N–H and O–H groups in total. The van der Waals surface area contributed by atoms with E-state index in [4.69, 9.17) is 17.3 Å². The van der Waals surface area contributed by atoms with Crippen molar-refractivity contribution in [3.8, 4) is 0 Å². The van der Waals surface area contributed by atoms with E-state index in [1.54, 1.807) is 6.20 Å². The van der Waals surface area contributed by atoms with E-state index in [0.717, 1.165) is 16.6 Å². The van der Waals surface area contributed by atoms with Crippen molar-refractivity contribution in [1.29, 1.82) is 0 Å². The zero-order valence-electron chi connectivity index (χ0n) is 6.26. The summed E-state index contributed by atoms with van der Waals surface area (Å²) in [4.78, 5) is 4.11. The Morgan fingerprint density at radius 3 is 2.75 bits per heavy atom. The van der Waals surface area contributed by atoms with Crippen molar-refractivity contribution in [3.63, 3.8) is 0 Å². The van der Waals surface area contributed by atoms with Gasteiger partial charge in [-0.2, -0.15) is 0 Å². The molecule has 0 aliphatic heterocycles. The van der Waals surface area contributed by atoms with Crippen LogP contribution in [-0.2, 0) is 6.42 Å². The van der Waals surface area contributed by atoms with Crippen molar-refractivity contribution in [3.05, 3.63) is 27.5 Å². The maximum atomic E-state index is 5.86. The van der Waals surface area contributed by atoms with E-state index in [2.05, 4.69) is 20.9 Å². The molecule has 0 fully saturated rings. The second-order valence-corrected chi connectivity index (χ2v) is 3.44. The monoisotopic (exact) mass is 270 g/mol. The van der Waals surface area contributed by atoms with E-state index in [1.807, 2.05) is 6.07 Å². The minimum Gasteiger partial charge on any atom is -0.330 e. The smallest absolute Gasteiger partial charge is 0.0633 e. The number of halogens is 3. The first-order valence-corrected chi connectivity index (χ1v) is 4.41. The maximum absolute atomic E-state index is 5.86. The molecule has 1 aromatic heterocycles. The summed E-state index contributed by atoms with van der Waals surface area (Å²) in [7, 11) is 0. The van der Waals surface area contributed by atoms with E-state index < -0.39 is 0 Å². The van der Waals surface area contributed by atoms with Gasteiger partial charge in [0.2, 0.25) is 0 Å². The van der Waals surface area contributed by atoms with Crippen molar-refractivity contribution in [2.45, 2.75) is 6.42 Å². The van der Waals surface area contributed by atoms with Crippen LogP contribution < -0.4 is 5.73 Å². The van der Waals surface area contributed by atoms with E-state index in [-0.39, 0.29) is 12.4 Å². The number of pyridine rings is 1. The molecule has 0 amide bonds. The minimum absolute atomic E-state index is 0. The summed E-state index contributed by atoms with van der Waals surface area (Å²) in [6.07, 6.45) is 2.45. The molecule has 5 heteroatoms. The van der Waals surface area contributed by atoms with Crippen LogP contribution in [0.3, 0.4) is 0 Å². The Morgan fingerprint density at radius 2 is 2.25 bits per heavy atom. The van der Waals surface area contributed by atoms with Crippen LogP contribution >= 0.6 is 39.9 Å². The number of nitrogens with zero attached hydrogens (tertiary/aromatic N) is 1. The van der Waals surface area contributed by atoms with Crippen LogP contribution in [0.5, 0.6) is 0 Å². The molecule has 0 aromatic carbocycles. The standard InChI is InChI=1S/C7H8BrClN2.ClH/c8-5-3-6(9)7(1-2-10)11-4-5;/h3-4H,1-2,10H2;1H. The van der Waals surface area contributed by atoms with E-state index >= 15 is 0 Å². The molecule has 0 spiro atoms. The van der Waals surface area contributed by atoms with Crippen molar-refractivity contribution in [1.82, 2.24) is 4.98 Å². The molecule has 0 bridgehead atoms. The summed E-state index contributed by atoms with van der Waals surface area (Å²) in [6, 6.07) is 1.82. The Kier molecular flexibility index (Phi) is 5.84. The summed E-state index contributed by atoms with van der Waals surface area (Å²) >= 11 is 9.13. The largest absolute Gasteiger partial charge is 0.330 e. The first-order valence-electron chi connectivity index (χ1n) is 3.24. The molecule has 0 unspecified atom stereocenters. The van der Waals surface area contributed by atoms with Gasteiger partial charge in [0.25, 0.3) is 0 Å². The summed E-state index contributed by atoms with van der Waals surface area (Å²) in [6.45, 7) is 0.578. The van der Waals surface area contributed by atoms with Crippen molar-refractivity contribution >= 4 is 39.9 Å². The molecule has 0 aliphatic carbocycles. The molecule has 0 aliphatic rings. The molecule has 1 heterocycles. The number of nitrogens with two attached hydrogens (primary N) is 1. The van der Waals surface area contributed by atoms with Gasteiger partial charge >= 0.3 is 0 Å². The predicted molar refractivity (Wildman–Crippen MR) is 57.0 cm³/mol. The molecule has 1 rings (SSSR count). The molecule has 0 saturated heterocycles. The molecular weight excluding hydrogens is 263 g/mol. The van der Waals surface area contributed by atoms with Crippen LogP contribution in [0.25, 0.3) is 0 Å². The van der Waals surface area contributed by atoms with Gasteiger partial charge in [-0.25, -0.2) is 0 Å². The molecule has 2 nitrogen and oxygen atoms in total. The Labute approximate surface area is 91.0 Å². The lowest BCUT2D eigenvalue weighted by Crippen LogP contribution is -2.04. The average Bonchev–Trinajstić information content (AvgIpc) is 1.95. The molecular formula is C7H9BrCl2N2. The number of aromatic nitrogens is 1. The lowest BCUT2D eigenvalue weighted by atomic mass is 10.3. The second-order valence-electron chi connectivity index (χ2n) is 2.12. The van der Waals surface area contributed by atoms with Crippen LogP contribution in [0.4, 0.5) is 0 Å². The van der Waals surface area contributed by atoms with Crippen molar-refractivity contribution in [2.75, 3.05) is 6.54 Å². The Morgan fingerprint density at radius 1 is 1.58 bits per heavy atom. The molecule has 0 saturated carbocycles. The van der Waals surface area contributed by atoms with Gasteiger partial charge in [-0.05, 0) is 28.5 Å². The van der Waals surface area contributed by atoms with Gasteiger partial charge < -0.3 is 5.73 Å². The lowest BCUT2D eigenvalue weighted by molar-refractivity contribution is 0.922. The van der Waals surface area contributed by atoms with Gasteiger partial charge in [0.1, 0.15) is 0 Å². The predicted octanol–water partition coefficient (Wildman–Crippen LogP) is 2.42. The third-order valence-corrected chi connectivity index (χ3v) is 2.03. The third kappa shape index (κ3) is 3.27. The zero-order chi connectivity index (χ0) is 8.27. The maximum Gasteiger partial charge on any atom is 0.0633 e. The topological polar surface area (TPSA) is 38.9 Å². The lowest BCUT2D eigenvalue weighted by Gasteiger charge is -2.00. The molecule has 1 aromatic rings. The molecule has 0 radical (unpaired) electrons. The van der Waals surface area contributed by atoms with Crippen LogP contribution in [-0.4, -0.2) is 11.5 Å². The van der Waals surface area contributed by atoms with Crippen LogP contribution in [0.1, 0.15) is 5.69 Å². The number of hydrogen-bond donors (Lipinski definition) is 1. The molecule has 0 atom stereocenters. The highest BCUT2D eigenvalue weighted by atomic mass is 79.9. The SMILES string of the molecule is Cl.NCCc1ncc(Br)cc1Cl. The highest BCUT2D eigenvalue weighted by molar-refractivity contribution is 9.10. The highest BCUT2D eigenvalue weighted by Gasteiger charge is 2.00. The van der Waals surface area contributed by atoms with Gasteiger partial charge in [-0.15, -0.1) is 12.4 Å². The Hall–Kier alpha value is 0.170. The van der Waals surface area contributed by atoms with Crippen molar-refractivity contribution in [2.24, 2.45) is 5.73 Å².